The number of benzene rings is 2. The van der Waals surface area contributed by atoms with Gasteiger partial charge < -0.3 is 19.7 Å². The molecular formula is C22H24N4O4S. The molecule has 1 amide bonds. The molecule has 9 heteroatoms. The lowest BCUT2D eigenvalue weighted by atomic mass is 10.2. The first kappa shape index (κ1) is 22.4. The predicted octanol–water partition coefficient (Wildman–Crippen LogP) is 3.95. The number of hydrogen-bond acceptors (Lipinski definition) is 6. The lowest BCUT2D eigenvalue weighted by Gasteiger charge is -2.14. The molecule has 3 rings (SSSR count). The van der Waals surface area contributed by atoms with E-state index in [4.69, 9.17) is 9.84 Å². The van der Waals surface area contributed by atoms with Crippen molar-refractivity contribution in [2.75, 3.05) is 11.1 Å². The minimum absolute atomic E-state index is 0.108. The summed E-state index contributed by atoms with van der Waals surface area (Å²) in [5, 5.41) is 20.7. The Morgan fingerprint density at radius 2 is 1.94 bits per heavy atom. The van der Waals surface area contributed by atoms with Gasteiger partial charge in [0.2, 0.25) is 5.91 Å². The molecule has 0 saturated heterocycles. The van der Waals surface area contributed by atoms with E-state index in [1.54, 1.807) is 16.7 Å². The molecule has 2 aromatic carbocycles. The van der Waals surface area contributed by atoms with E-state index in [9.17, 15) is 9.59 Å². The maximum absolute atomic E-state index is 12.3. The average molecular weight is 441 g/mol. The molecule has 0 aliphatic carbocycles. The summed E-state index contributed by atoms with van der Waals surface area (Å²) in [6.07, 6.45) is 0.657. The molecule has 3 aromatic rings. The number of carboxylic acids is 1. The Balaban J connectivity index is 1.57. The lowest BCUT2D eigenvalue weighted by Crippen LogP contribution is -2.15. The van der Waals surface area contributed by atoms with Gasteiger partial charge in [-0.05, 0) is 49.2 Å². The second-order valence-corrected chi connectivity index (χ2v) is 7.82. The molecule has 2 N–H and O–H groups in total. The fraction of sp³-hybridized carbons (Fsp3) is 0.273. The number of nitrogens with one attached hydrogen (secondary N) is 1. The Hall–Kier alpha value is -3.33. The van der Waals surface area contributed by atoms with Gasteiger partial charge in [0.05, 0.1) is 11.3 Å². The average Bonchev–Trinajstić information content (AvgIpc) is 3.13. The Morgan fingerprint density at radius 1 is 1.19 bits per heavy atom. The number of carbonyl (C=O) groups is 2. The van der Waals surface area contributed by atoms with Crippen molar-refractivity contribution < 1.29 is 19.4 Å². The van der Waals surface area contributed by atoms with Gasteiger partial charge in [0.25, 0.3) is 0 Å². The van der Waals surface area contributed by atoms with Gasteiger partial charge in [-0.2, -0.15) is 0 Å². The van der Waals surface area contributed by atoms with E-state index in [0.29, 0.717) is 16.7 Å². The number of carboxylic acid groups (broad SMARTS) is 1. The first-order chi connectivity index (χ1) is 14.9. The zero-order chi connectivity index (χ0) is 22.4. The number of hydrogen-bond donors (Lipinski definition) is 2. The highest BCUT2D eigenvalue weighted by molar-refractivity contribution is 7.99. The second-order valence-electron chi connectivity index (χ2n) is 6.88. The van der Waals surface area contributed by atoms with Crippen molar-refractivity contribution in [3.63, 3.8) is 0 Å². The normalized spacial score (nSPS) is 11.7. The van der Waals surface area contributed by atoms with E-state index in [1.807, 2.05) is 38.2 Å². The molecule has 1 atom stereocenters. The Bertz CT molecular complexity index is 1070. The van der Waals surface area contributed by atoms with Gasteiger partial charge in [0, 0.05) is 12.7 Å². The highest BCUT2D eigenvalue weighted by Crippen LogP contribution is 2.24. The van der Waals surface area contributed by atoms with E-state index in [2.05, 4.69) is 22.4 Å². The van der Waals surface area contributed by atoms with Crippen LogP contribution < -0.4 is 10.1 Å². The summed E-state index contributed by atoms with van der Waals surface area (Å²) in [5.41, 5.74) is 1.78. The number of aromatic nitrogens is 3. The van der Waals surface area contributed by atoms with Crippen molar-refractivity contribution in [1.29, 1.82) is 0 Å². The Morgan fingerprint density at radius 3 is 2.61 bits per heavy atom. The SMILES string of the molecule is CCc1ccc(O[C@H](C)c2nnc(SCC(=O)Nc3cccc(C(=O)O)c3)n2C)cc1. The minimum Gasteiger partial charge on any atom is -0.483 e. The highest BCUT2D eigenvalue weighted by Gasteiger charge is 2.18. The third-order valence-electron chi connectivity index (χ3n) is 4.60. The fourth-order valence-electron chi connectivity index (χ4n) is 2.92. The summed E-state index contributed by atoms with van der Waals surface area (Å²) in [7, 11) is 1.83. The van der Waals surface area contributed by atoms with E-state index in [-0.39, 0.29) is 23.3 Å². The molecule has 0 fully saturated rings. The van der Waals surface area contributed by atoms with Crippen LogP contribution in [0, 0.1) is 0 Å². The number of rotatable bonds is 9. The van der Waals surface area contributed by atoms with Crippen LogP contribution in [0.3, 0.4) is 0 Å². The quantitative estimate of drug-likeness (QED) is 0.485. The van der Waals surface area contributed by atoms with Crippen LogP contribution in [-0.2, 0) is 18.3 Å². The number of amides is 1. The molecule has 0 radical (unpaired) electrons. The molecule has 0 aliphatic rings. The van der Waals surface area contributed by atoms with Crippen molar-refractivity contribution in [3.8, 4) is 5.75 Å². The molecule has 31 heavy (non-hydrogen) atoms. The molecule has 0 spiro atoms. The van der Waals surface area contributed by atoms with E-state index in [1.165, 1.54) is 29.5 Å². The van der Waals surface area contributed by atoms with Crippen LogP contribution in [0.4, 0.5) is 5.69 Å². The van der Waals surface area contributed by atoms with Crippen molar-refractivity contribution >= 4 is 29.3 Å². The van der Waals surface area contributed by atoms with Crippen LogP contribution in [0.2, 0.25) is 0 Å². The van der Waals surface area contributed by atoms with Crippen LogP contribution in [-0.4, -0.2) is 37.5 Å². The van der Waals surface area contributed by atoms with Crippen LogP contribution in [0.1, 0.15) is 41.7 Å². The van der Waals surface area contributed by atoms with Crippen LogP contribution in [0.25, 0.3) is 0 Å². The van der Waals surface area contributed by atoms with Crippen molar-refractivity contribution in [2.45, 2.75) is 31.5 Å². The largest absolute Gasteiger partial charge is 0.483 e. The molecule has 0 bridgehead atoms. The molecule has 0 saturated carbocycles. The summed E-state index contributed by atoms with van der Waals surface area (Å²) in [4.78, 5) is 23.3. The summed E-state index contributed by atoms with van der Waals surface area (Å²) in [5.74, 6) is 0.199. The van der Waals surface area contributed by atoms with Gasteiger partial charge in [-0.25, -0.2) is 4.79 Å². The van der Waals surface area contributed by atoms with Crippen molar-refractivity contribution in [1.82, 2.24) is 14.8 Å². The van der Waals surface area contributed by atoms with E-state index >= 15 is 0 Å². The molecular weight excluding hydrogens is 416 g/mol. The third-order valence-corrected chi connectivity index (χ3v) is 5.62. The van der Waals surface area contributed by atoms with E-state index < -0.39 is 5.97 Å². The molecule has 1 aromatic heterocycles. The maximum Gasteiger partial charge on any atom is 0.335 e. The number of anilines is 1. The summed E-state index contributed by atoms with van der Waals surface area (Å²) in [6.45, 7) is 4.00. The number of aromatic carboxylic acids is 1. The van der Waals surface area contributed by atoms with Crippen molar-refractivity contribution in [3.05, 3.63) is 65.5 Å². The van der Waals surface area contributed by atoms with Gasteiger partial charge in [-0.1, -0.05) is 36.9 Å². The Labute approximate surface area is 184 Å². The zero-order valence-electron chi connectivity index (χ0n) is 17.5. The summed E-state index contributed by atoms with van der Waals surface area (Å²) >= 11 is 1.24. The fourth-order valence-corrected chi connectivity index (χ4v) is 3.64. The molecule has 8 nitrogen and oxygen atoms in total. The topological polar surface area (TPSA) is 106 Å². The molecule has 162 valence electrons. The summed E-state index contributed by atoms with van der Waals surface area (Å²) in [6, 6.07) is 14.0. The smallest absolute Gasteiger partial charge is 0.335 e. The van der Waals surface area contributed by atoms with Crippen LogP contribution >= 0.6 is 11.8 Å². The highest BCUT2D eigenvalue weighted by atomic mass is 32.2. The van der Waals surface area contributed by atoms with Gasteiger partial charge in [-0.15, -0.1) is 10.2 Å². The number of aryl methyl sites for hydroxylation is 1. The number of thioether (sulfide) groups is 1. The minimum atomic E-state index is -1.05. The Kier molecular flexibility index (Phi) is 7.30. The van der Waals surface area contributed by atoms with Crippen molar-refractivity contribution in [2.24, 2.45) is 7.05 Å². The number of carbonyl (C=O) groups excluding carboxylic acids is 1. The molecule has 0 unspecified atom stereocenters. The van der Waals surface area contributed by atoms with E-state index in [0.717, 1.165) is 12.2 Å². The first-order valence-electron chi connectivity index (χ1n) is 9.78. The molecule has 0 aliphatic heterocycles. The first-order valence-corrected chi connectivity index (χ1v) is 10.8. The monoisotopic (exact) mass is 440 g/mol. The van der Waals surface area contributed by atoms with Crippen LogP contribution in [0.5, 0.6) is 5.75 Å². The standard InChI is InChI=1S/C22H24N4O4S/c1-4-15-8-10-18(11-9-15)30-14(2)20-24-25-22(26(20)3)31-13-19(27)23-17-7-5-6-16(12-17)21(28)29/h5-12,14H,4,13H2,1-3H3,(H,23,27)(H,28,29)/t14-/m1/s1. The molecule has 1 heterocycles. The van der Waals surface area contributed by atoms with Gasteiger partial charge in [0.1, 0.15) is 5.75 Å². The van der Waals surface area contributed by atoms with Crippen LogP contribution in [0.15, 0.2) is 53.7 Å². The lowest BCUT2D eigenvalue weighted by molar-refractivity contribution is -0.113. The third kappa shape index (κ3) is 5.85. The van der Waals surface area contributed by atoms with Gasteiger partial charge in [-0.3, -0.25) is 4.79 Å². The maximum atomic E-state index is 12.3. The predicted molar refractivity (Wildman–Crippen MR) is 119 cm³/mol. The number of ether oxygens (including phenoxy) is 1. The van der Waals surface area contributed by atoms with Gasteiger partial charge in [0.15, 0.2) is 17.1 Å². The zero-order valence-corrected chi connectivity index (χ0v) is 18.3. The summed E-state index contributed by atoms with van der Waals surface area (Å²) < 4.78 is 7.77. The van der Waals surface area contributed by atoms with Gasteiger partial charge >= 0.3 is 5.97 Å². The second kappa shape index (κ2) is 10.1. The number of nitrogens with zero attached hydrogens (tertiary/aromatic N) is 3.